The van der Waals surface area contributed by atoms with Gasteiger partial charge in [0, 0.05) is 0 Å². The van der Waals surface area contributed by atoms with Crippen LogP contribution in [0.15, 0.2) is 11.1 Å². The number of hydrogen-bond donors (Lipinski definition) is 0. The third kappa shape index (κ3) is 1.26. The van der Waals surface area contributed by atoms with Crippen LogP contribution < -0.4 is 0 Å². The van der Waals surface area contributed by atoms with Gasteiger partial charge in [0.1, 0.15) is 0 Å². The van der Waals surface area contributed by atoms with Crippen molar-refractivity contribution < 1.29 is 0 Å². The molecule has 0 N–H and O–H groups in total. The van der Waals surface area contributed by atoms with Gasteiger partial charge < -0.3 is 0 Å². The molecule has 0 aliphatic heterocycles. The van der Waals surface area contributed by atoms with Gasteiger partial charge in [0.25, 0.3) is 0 Å². The first-order valence-electron chi connectivity index (χ1n) is 6.16. The summed E-state index contributed by atoms with van der Waals surface area (Å²) in [5.74, 6) is 2.15. The van der Waals surface area contributed by atoms with E-state index in [1.54, 1.807) is 0 Å². The number of hydrogen-bond acceptors (Lipinski definition) is 0. The van der Waals surface area contributed by atoms with E-state index < -0.39 is 0 Å². The molecule has 0 bridgehead atoms. The monoisotopic (exact) mass is 176 g/mol. The molecule has 3 aliphatic carbocycles. The molecule has 2 unspecified atom stereocenters. The summed E-state index contributed by atoms with van der Waals surface area (Å²) in [6, 6.07) is 0. The smallest absolute Gasteiger partial charge is 0.0169 e. The van der Waals surface area contributed by atoms with Crippen molar-refractivity contribution in [1.29, 1.82) is 0 Å². The molecule has 0 heteroatoms. The molecule has 0 heterocycles. The normalized spacial score (nSPS) is 38.8. The zero-order valence-corrected chi connectivity index (χ0v) is 8.52. The van der Waals surface area contributed by atoms with Gasteiger partial charge in [-0.2, -0.15) is 0 Å². The van der Waals surface area contributed by atoms with Crippen LogP contribution in [0.2, 0.25) is 0 Å². The lowest BCUT2D eigenvalue weighted by Crippen LogP contribution is -2.16. The van der Waals surface area contributed by atoms with Crippen molar-refractivity contribution in [2.45, 2.75) is 57.8 Å². The first-order chi connectivity index (χ1) is 6.45. The topological polar surface area (TPSA) is 0 Å². The maximum Gasteiger partial charge on any atom is -0.0169 e. The fraction of sp³-hybridized carbons (Fsp3) is 0.846. The molecule has 0 spiro atoms. The summed E-state index contributed by atoms with van der Waals surface area (Å²) in [4.78, 5) is 0. The lowest BCUT2D eigenvalue weighted by Gasteiger charge is -2.28. The molecule has 13 heavy (non-hydrogen) atoms. The predicted molar refractivity (Wildman–Crippen MR) is 55.6 cm³/mol. The van der Waals surface area contributed by atoms with Gasteiger partial charge in [0.2, 0.25) is 0 Å². The molecular formula is C13H20. The standard InChI is InChI=1S/C13H20/c1-3-7-12-10(5-1)9-11-6-2-4-8-13(11)12/h10,12H,1-9H2. The summed E-state index contributed by atoms with van der Waals surface area (Å²) in [5, 5.41) is 0. The largest absolute Gasteiger partial charge is 0.0704 e. The maximum atomic E-state index is 1.94. The third-order valence-electron chi connectivity index (χ3n) is 4.49. The van der Waals surface area contributed by atoms with Gasteiger partial charge in [-0.15, -0.1) is 0 Å². The van der Waals surface area contributed by atoms with Crippen molar-refractivity contribution in [2.24, 2.45) is 11.8 Å². The molecule has 1 fully saturated rings. The first kappa shape index (κ1) is 8.08. The van der Waals surface area contributed by atoms with E-state index in [4.69, 9.17) is 0 Å². The molecular weight excluding hydrogens is 156 g/mol. The average Bonchev–Trinajstić information content (AvgIpc) is 2.56. The number of rotatable bonds is 0. The molecule has 3 rings (SSSR count). The summed E-state index contributed by atoms with van der Waals surface area (Å²) in [6.07, 6.45) is 13.5. The van der Waals surface area contributed by atoms with Crippen LogP contribution in [-0.2, 0) is 0 Å². The fourth-order valence-electron chi connectivity index (χ4n) is 3.90. The minimum atomic E-state index is 1.06. The summed E-state index contributed by atoms with van der Waals surface area (Å²) >= 11 is 0. The average molecular weight is 176 g/mol. The molecule has 0 nitrogen and oxygen atoms in total. The molecule has 2 atom stereocenters. The molecule has 3 aliphatic rings. The van der Waals surface area contributed by atoms with Gasteiger partial charge in [-0.3, -0.25) is 0 Å². The Labute approximate surface area is 81.4 Å². The molecule has 0 radical (unpaired) electrons. The van der Waals surface area contributed by atoms with Gasteiger partial charge >= 0.3 is 0 Å². The minimum Gasteiger partial charge on any atom is -0.0704 e. The van der Waals surface area contributed by atoms with Crippen molar-refractivity contribution in [1.82, 2.24) is 0 Å². The SMILES string of the molecule is C1CCC2=C(C1)CC1CCCCC21. The van der Waals surface area contributed by atoms with Crippen LogP contribution in [0.3, 0.4) is 0 Å². The van der Waals surface area contributed by atoms with E-state index >= 15 is 0 Å². The lowest BCUT2D eigenvalue weighted by molar-refractivity contribution is 0.290. The van der Waals surface area contributed by atoms with Crippen molar-refractivity contribution in [2.75, 3.05) is 0 Å². The molecule has 72 valence electrons. The molecule has 1 saturated carbocycles. The first-order valence-corrected chi connectivity index (χ1v) is 6.16. The van der Waals surface area contributed by atoms with E-state index in [9.17, 15) is 0 Å². The number of allylic oxidation sites excluding steroid dienone is 2. The fourth-order valence-corrected chi connectivity index (χ4v) is 3.90. The van der Waals surface area contributed by atoms with Crippen LogP contribution in [0.5, 0.6) is 0 Å². The van der Waals surface area contributed by atoms with Crippen LogP contribution in [-0.4, -0.2) is 0 Å². The lowest BCUT2D eigenvalue weighted by atomic mass is 9.77. The van der Waals surface area contributed by atoms with Crippen LogP contribution in [0.25, 0.3) is 0 Å². The Kier molecular flexibility index (Phi) is 1.96. The van der Waals surface area contributed by atoms with Gasteiger partial charge in [-0.1, -0.05) is 24.0 Å². The van der Waals surface area contributed by atoms with Crippen LogP contribution in [0.4, 0.5) is 0 Å². The Morgan fingerprint density at radius 1 is 0.846 bits per heavy atom. The molecule has 0 saturated heterocycles. The summed E-state index contributed by atoms with van der Waals surface area (Å²) < 4.78 is 0. The van der Waals surface area contributed by atoms with E-state index in [-0.39, 0.29) is 0 Å². The van der Waals surface area contributed by atoms with E-state index in [0.717, 1.165) is 11.8 Å². The van der Waals surface area contributed by atoms with Crippen LogP contribution in [0.1, 0.15) is 57.8 Å². The Hall–Kier alpha value is -0.260. The maximum absolute atomic E-state index is 1.94. The van der Waals surface area contributed by atoms with Gasteiger partial charge in [-0.05, 0) is 56.8 Å². The van der Waals surface area contributed by atoms with E-state index in [1.165, 1.54) is 57.8 Å². The van der Waals surface area contributed by atoms with E-state index in [0.29, 0.717) is 0 Å². The van der Waals surface area contributed by atoms with Crippen LogP contribution in [0, 0.1) is 11.8 Å². The highest BCUT2D eigenvalue weighted by Gasteiger charge is 2.36. The van der Waals surface area contributed by atoms with E-state index in [1.807, 2.05) is 11.1 Å². The Bertz CT molecular complexity index is 236. The second-order valence-electron chi connectivity index (χ2n) is 5.19. The predicted octanol–water partition coefficient (Wildman–Crippen LogP) is 4.07. The molecule has 0 aromatic rings. The highest BCUT2D eigenvalue weighted by atomic mass is 14.4. The van der Waals surface area contributed by atoms with Crippen molar-refractivity contribution >= 4 is 0 Å². The summed E-state index contributed by atoms with van der Waals surface area (Å²) in [5.41, 5.74) is 3.85. The quantitative estimate of drug-likeness (QED) is 0.488. The van der Waals surface area contributed by atoms with Gasteiger partial charge in [0.15, 0.2) is 0 Å². The van der Waals surface area contributed by atoms with Crippen LogP contribution >= 0.6 is 0 Å². The van der Waals surface area contributed by atoms with Crippen molar-refractivity contribution in [3.05, 3.63) is 11.1 Å². The Morgan fingerprint density at radius 2 is 1.69 bits per heavy atom. The third-order valence-corrected chi connectivity index (χ3v) is 4.49. The minimum absolute atomic E-state index is 1.06. The van der Waals surface area contributed by atoms with Gasteiger partial charge in [-0.25, -0.2) is 0 Å². The second kappa shape index (κ2) is 3.15. The number of fused-ring (bicyclic) bond motifs is 2. The molecule has 0 amide bonds. The highest BCUT2D eigenvalue weighted by Crippen LogP contribution is 2.50. The Balaban J connectivity index is 1.85. The van der Waals surface area contributed by atoms with Gasteiger partial charge in [0.05, 0.1) is 0 Å². The Morgan fingerprint density at radius 3 is 2.69 bits per heavy atom. The molecule has 0 aromatic carbocycles. The second-order valence-corrected chi connectivity index (χ2v) is 5.19. The summed E-state index contributed by atoms with van der Waals surface area (Å²) in [6.45, 7) is 0. The van der Waals surface area contributed by atoms with Crippen molar-refractivity contribution in [3.63, 3.8) is 0 Å². The van der Waals surface area contributed by atoms with E-state index in [2.05, 4.69) is 0 Å². The zero-order valence-electron chi connectivity index (χ0n) is 8.52. The summed E-state index contributed by atoms with van der Waals surface area (Å²) in [7, 11) is 0. The molecule has 0 aromatic heterocycles. The van der Waals surface area contributed by atoms with Crippen molar-refractivity contribution in [3.8, 4) is 0 Å². The highest BCUT2D eigenvalue weighted by molar-refractivity contribution is 5.27. The zero-order chi connectivity index (χ0) is 8.67.